The van der Waals surface area contributed by atoms with Crippen LogP contribution in [0.2, 0.25) is 0 Å². The summed E-state index contributed by atoms with van der Waals surface area (Å²) < 4.78 is 5.26. The van der Waals surface area contributed by atoms with E-state index in [1.807, 2.05) is 44.2 Å². The number of benzene rings is 1. The first-order valence-electron chi connectivity index (χ1n) is 6.54. The quantitative estimate of drug-likeness (QED) is 0.784. The summed E-state index contributed by atoms with van der Waals surface area (Å²) >= 11 is 0. The number of rotatable bonds is 6. The fourth-order valence-corrected chi connectivity index (χ4v) is 1.81. The molecule has 1 aromatic rings. The molecule has 1 rings (SSSR count). The Balaban J connectivity index is 2.93. The number of ether oxygens (including phenoxy) is 1. The van der Waals surface area contributed by atoms with Gasteiger partial charge in [0.2, 0.25) is 0 Å². The standard InChI is InChI=1S/C16H24N2O/c1-6-8-14-12-15(19-5)9-10-16(14)17-13(3)18(4)11-7-2/h6-13,17H,1-5H3/b8-6+,11-7-. The van der Waals surface area contributed by atoms with Crippen LogP contribution in [0.15, 0.2) is 36.6 Å². The molecule has 0 aliphatic carbocycles. The first-order valence-corrected chi connectivity index (χ1v) is 6.54. The van der Waals surface area contributed by atoms with E-state index in [4.69, 9.17) is 4.74 Å². The summed E-state index contributed by atoms with van der Waals surface area (Å²) in [7, 11) is 3.74. The van der Waals surface area contributed by atoms with Crippen molar-refractivity contribution in [2.24, 2.45) is 0 Å². The molecule has 0 fully saturated rings. The lowest BCUT2D eigenvalue weighted by Gasteiger charge is -2.26. The van der Waals surface area contributed by atoms with Gasteiger partial charge in [0.1, 0.15) is 5.75 Å². The van der Waals surface area contributed by atoms with Crippen molar-refractivity contribution in [1.29, 1.82) is 0 Å². The van der Waals surface area contributed by atoms with Gasteiger partial charge in [0.15, 0.2) is 0 Å². The largest absolute Gasteiger partial charge is 0.497 e. The van der Waals surface area contributed by atoms with E-state index in [0.717, 1.165) is 17.0 Å². The van der Waals surface area contributed by atoms with Crippen molar-refractivity contribution in [3.05, 3.63) is 42.1 Å². The minimum atomic E-state index is 0.216. The third-order valence-corrected chi connectivity index (χ3v) is 2.96. The number of nitrogens with one attached hydrogen (secondary N) is 1. The summed E-state index contributed by atoms with van der Waals surface area (Å²) in [6.07, 6.45) is 8.40. The van der Waals surface area contributed by atoms with Crippen molar-refractivity contribution in [2.45, 2.75) is 26.9 Å². The van der Waals surface area contributed by atoms with Gasteiger partial charge in [-0.25, -0.2) is 0 Å². The number of allylic oxidation sites excluding steroid dienone is 2. The predicted octanol–water partition coefficient (Wildman–Crippen LogP) is 3.95. The highest BCUT2D eigenvalue weighted by molar-refractivity contribution is 5.68. The summed E-state index contributed by atoms with van der Waals surface area (Å²) in [5.74, 6) is 0.869. The Kier molecular flexibility index (Phi) is 6.00. The van der Waals surface area contributed by atoms with Crippen LogP contribution in [0.25, 0.3) is 6.08 Å². The normalized spacial score (nSPS) is 12.9. The van der Waals surface area contributed by atoms with Crippen LogP contribution in [0.1, 0.15) is 26.3 Å². The van der Waals surface area contributed by atoms with Gasteiger partial charge in [-0.2, -0.15) is 0 Å². The lowest BCUT2D eigenvalue weighted by molar-refractivity contribution is 0.384. The first kappa shape index (κ1) is 15.2. The van der Waals surface area contributed by atoms with E-state index in [2.05, 4.69) is 36.5 Å². The molecule has 0 bridgehead atoms. The second-order valence-corrected chi connectivity index (χ2v) is 4.42. The predicted molar refractivity (Wildman–Crippen MR) is 83.4 cm³/mol. The van der Waals surface area contributed by atoms with Crippen LogP contribution in [0.5, 0.6) is 5.75 Å². The second kappa shape index (κ2) is 7.52. The molecule has 1 N–H and O–H groups in total. The van der Waals surface area contributed by atoms with Gasteiger partial charge < -0.3 is 15.0 Å². The molecule has 1 unspecified atom stereocenters. The molecule has 0 aliphatic heterocycles. The highest BCUT2D eigenvalue weighted by Gasteiger charge is 2.08. The van der Waals surface area contributed by atoms with Gasteiger partial charge in [-0.05, 0) is 45.2 Å². The van der Waals surface area contributed by atoms with E-state index >= 15 is 0 Å². The zero-order valence-electron chi connectivity index (χ0n) is 12.5. The Hall–Kier alpha value is -1.90. The second-order valence-electron chi connectivity index (χ2n) is 4.42. The Morgan fingerprint density at radius 3 is 2.58 bits per heavy atom. The molecule has 104 valence electrons. The van der Waals surface area contributed by atoms with Crippen LogP contribution in [0.3, 0.4) is 0 Å². The van der Waals surface area contributed by atoms with E-state index < -0.39 is 0 Å². The maximum Gasteiger partial charge on any atom is 0.119 e. The van der Waals surface area contributed by atoms with Crippen LogP contribution in [-0.4, -0.2) is 25.2 Å². The molecule has 1 atom stereocenters. The number of methoxy groups -OCH3 is 1. The van der Waals surface area contributed by atoms with E-state index in [1.54, 1.807) is 7.11 Å². The van der Waals surface area contributed by atoms with Crippen LogP contribution in [0.4, 0.5) is 5.69 Å². The monoisotopic (exact) mass is 260 g/mol. The maximum atomic E-state index is 5.26. The van der Waals surface area contributed by atoms with Crippen molar-refractivity contribution in [3.63, 3.8) is 0 Å². The third kappa shape index (κ3) is 4.36. The first-order chi connectivity index (χ1) is 9.12. The molecule has 3 heteroatoms. The molecular weight excluding hydrogens is 236 g/mol. The number of hydrogen-bond acceptors (Lipinski definition) is 3. The molecule has 0 spiro atoms. The lowest BCUT2D eigenvalue weighted by atomic mass is 10.1. The average Bonchev–Trinajstić information content (AvgIpc) is 2.41. The smallest absolute Gasteiger partial charge is 0.119 e. The minimum Gasteiger partial charge on any atom is -0.497 e. The molecule has 0 aliphatic rings. The van der Waals surface area contributed by atoms with Gasteiger partial charge in [0.25, 0.3) is 0 Å². The zero-order valence-corrected chi connectivity index (χ0v) is 12.5. The van der Waals surface area contributed by atoms with Crippen molar-refractivity contribution in [3.8, 4) is 5.75 Å². The zero-order chi connectivity index (χ0) is 14.3. The van der Waals surface area contributed by atoms with Crippen LogP contribution in [-0.2, 0) is 0 Å². The molecule has 0 radical (unpaired) electrons. The van der Waals surface area contributed by atoms with Gasteiger partial charge in [0, 0.05) is 18.3 Å². The third-order valence-electron chi connectivity index (χ3n) is 2.96. The van der Waals surface area contributed by atoms with Gasteiger partial charge in [-0.1, -0.05) is 18.2 Å². The van der Waals surface area contributed by atoms with E-state index in [0.29, 0.717) is 0 Å². The van der Waals surface area contributed by atoms with Crippen LogP contribution >= 0.6 is 0 Å². The summed E-state index contributed by atoms with van der Waals surface area (Å²) in [6, 6.07) is 6.05. The Labute approximate surface area is 116 Å². The van der Waals surface area contributed by atoms with Gasteiger partial charge >= 0.3 is 0 Å². The van der Waals surface area contributed by atoms with Gasteiger partial charge in [-0.15, -0.1) is 0 Å². The molecule has 1 aromatic carbocycles. The van der Waals surface area contributed by atoms with Gasteiger partial charge in [0.05, 0.1) is 13.3 Å². The highest BCUT2D eigenvalue weighted by atomic mass is 16.5. The molecule has 0 heterocycles. The van der Waals surface area contributed by atoms with E-state index in [9.17, 15) is 0 Å². The summed E-state index contributed by atoms with van der Waals surface area (Å²) in [5.41, 5.74) is 2.23. The van der Waals surface area contributed by atoms with Crippen LogP contribution < -0.4 is 10.1 Å². The van der Waals surface area contributed by atoms with Crippen LogP contribution in [0, 0.1) is 0 Å². The molecule has 0 saturated heterocycles. The Bertz CT molecular complexity index is 452. The minimum absolute atomic E-state index is 0.216. The maximum absolute atomic E-state index is 5.26. The number of hydrogen-bond donors (Lipinski definition) is 1. The summed E-state index contributed by atoms with van der Waals surface area (Å²) in [5, 5.41) is 3.50. The fourth-order valence-electron chi connectivity index (χ4n) is 1.81. The average molecular weight is 260 g/mol. The SMILES string of the molecule is C/C=C\N(C)C(C)Nc1ccc(OC)cc1/C=C/C. The Morgan fingerprint density at radius 2 is 2.00 bits per heavy atom. The molecule has 0 aromatic heterocycles. The van der Waals surface area contributed by atoms with E-state index in [-0.39, 0.29) is 6.17 Å². The number of anilines is 1. The van der Waals surface area contributed by atoms with Crippen molar-refractivity contribution >= 4 is 11.8 Å². The van der Waals surface area contributed by atoms with Crippen molar-refractivity contribution < 1.29 is 4.74 Å². The van der Waals surface area contributed by atoms with Gasteiger partial charge in [-0.3, -0.25) is 0 Å². The fraction of sp³-hybridized carbons (Fsp3) is 0.375. The molecule has 19 heavy (non-hydrogen) atoms. The Morgan fingerprint density at radius 1 is 1.26 bits per heavy atom. The molecule has 0 saturated carbocycles. The molecule has 3 nitrogen and oxygen atoms in total. The summed E-state index contributed by atoms with van der Waals surface area (Å²) in [6.45, 7) is 6.16. The topological polar surface area (TPSA) is 24.5 Å². The van der Waals surface area contributed by atoms with E-state index in [1.165, 1.54) is 0 Å². The lowest BCUT2D eigenvalue weighted by Crippen LogP contribution is -2.31. The highest BCUT2D eigenvalue weighted by Crippen LogP contribution is 2.24. The van der Waals surface area contributed by atoms with Crippen molar-refractivity contribution in [2.75, 3.05) is 19.5 Å². The molecule has 0 amide bonds. The van der Waals surface area contributed by atoms with Crippen molar-refractivity contribution in [1.82, 2.24) is 4.90 Å². The number of nitrogens with zero attached hydrogens (tertiary/aromatic N) is 1. The summed E-state index contributed by atoms with van der Waals surface area (Å²) in [4.78, 5) is 2.13. The molecular formula is C16H24N2O.